The molecule has 30 heavy (non-hydrogen) atoms. The van der Waals surface area contributed by atoms with Gasteiger partial charge in [-0.05, 0) is 48.9 Å². The van der Waals surface area contributed by atoms with Crippen LogP contribution >= 0.6 is 27.5 Å². The first-order valence-corrected chi connectivity index (χ1v) is 9.91. The Morgan fingerprint density at radius 2 is 1.97 bits per heavy atom. The summed E-state index contributed by atoms with van der Waals surface area (Å²) in [6.45, 7) is 1.99. The number of amides is 1. The second-order valence-electron chi connectivity index (χ2n) is 6.54. The van der Waals surface area contributed by atoms with E-state index >= 15 is 0 Å². The van der Waals surface area contributed by atoms with E-state index in [9.17, 15) is 14.9 Å². The van der Waals surface area contributed by atoms with Crippen molar-refractivity contribution in [3.8, 4) is 11.5 Å². The molecule has 1 N–H and O–H groups in total. The quantitative estimate of drug-likeness (QED) is 0.266. The SMILES string of the molecule is Cc1ccc(-c2nc3cc(NC(=O)c4cc([N+](=O)[O-])ccc4Cl)ccc3o2)cc1Br. The molecule has 1 amide bonds. The van der Waals surface area contributed by atoms with Crippen LogP contribution in [0.5, 0.6) is 0 Å². The van der Waals surface area contributed by atoms with Gasteiger partial charge >= 0.3 is 0 Å². The summed E-state index contributed by atoms with van der Waals surface area (Å²) in [7, 11) is 0. The molecular formula is C21H13BrClN3O4. The molecule has 3 aromatic carbocycles. The first-order chi connectivity index (χ1) is 14.3. The van der Waals surface area contributed by atoms with E-state index in [0.717, 1.165) is 21.7 Å². The van der Waals surface area contributed by atoms with Gasteiger partial charge in [0.25, 0.3) is 11.6 Å². The Hall–Kier alpha value is -3.23. The molecule has 0 radical (unpaired) electrons. The van der Waals surface area contributed by atoms with Crippen molar-refractivity contribution in [2.45, 2.75) is 6.92 Å². The predicted octanol–water partition coefficient (Wildman–Crippen LogP) is 6.38. The van der Waals surface area contributed by atoms with Gasteiger partial charge in [-0.3, -0.25) is 14.9 Å². The normalized spacial score (nSPS) is 10.9. The number of hydrogen-bond acceptors (Lipinski definition) is 5. The monoisotopic (exact) mass is 485 g/mol. The number of halogens is 2. The summed E-state index contributed by atoms with van der Waals surface area (Å²) >= 11 is 9.54. The van der Waals surface area contributed by atoms with Crippen LogP contribution in [0.1, 0.15) is 15.9 Å². The van der Waals surface area contributed by atoms with Gasteiger partial charge in [0.05, 0.1) is 15.5 Å². The van der Waals surface area contributed by atoms with Gasteiger partial charge in [-0.25, -0.2) is 4.98 Å². The Labute approximate surface area is 184 Å². The highest BCUT2D eigenvalue weighted by Crippen LogP contribution is 2.30. The summed E-state index contributed by atoms with van der Waals surface area (Å²) in [6.07, 6.45) is 0. The molecule has 0 bridgehead atoms. The van der Waals surface area contributed by atoms with Crippen molar-refractivity contribution in [1.82, 2.24) is 4.98 Å². The Bertz CT molecular complexity index is 1320. The molecule has 4 rings (SSSR count). The summed E-state index contributed by atoms with van der Waals surface area (Å²) in [5.41, 5.74) is 3.29. The molecule has 0 aliphatic rings. The minimum absolute atomic E-state index is 0.0105. The van der Waals surface area contributed by atoms with Crippen molar-refractivity contribution in [1.29, 1.82) is 0 Å². The van der Waals surface area contributed by atoms with Crippen molar-refractivity contribution in [3.63, 3.8) is 0 Å². The smallest absolute Gasteiger partial charge is 0.270 e. The molecule has 9 heteroatoms. The minimum atomic E-state index is -0.584. The molecule has 0 aliphatic heterocycles. The Morgan fingerprint density at radius 3 is 2.70 bits per heavy atom. The second kappa shape index (κ2) is 7.89. The summed E-state index contributed by atoms with van der Waals surface area (Å²) in [5.74, 6) is -0.106. The number of carbonyl (C=O) groups excluding carboxylic acids is 1. The third-order valence-electron chi connectivity index (χ3n) is 4.47. The first-order valence-electron chi connectivity index (χ1n) is 8.74. The number of non-ortho nitro benzene ring substituents is 1. The van der Waals surface area contributed by atoms with Crippen LogP contribution in [0.25, 0.3) is 22.6 Å². The molecule has 0 aliphatic carbocycles. The number of nitro benzene ring substituents is 1. The first kappa shape index (κ1) is 20.1. The average molecular weight is 487 g/mol. The molecule has 0 unspecified atom stereocenters. The minimum Gasteiger partial charge on any atom is -0.436 e. The zero-order chi connectivity index (χ0) is 21.4. The van der Waals surface area contributed by atoms with Gasteiger partial charge in [-0.2, -0.15) is 0 Å². The standard InChI is InChI=1S/C21H13BrClN3O4/c1-11-2-3-12(8-16(11)22)21-25-18-9-13(4-7-19(18)30-21)24-20(27)15-10-14(26(28)29)5-6-17(15)23/h2-10H,1H3,(H,24,27). The van der Waals surface area contributed by atoms with Crippen LogP contribution in [0.15, 0.2) is 63.5 Å². The summed E-state index contributed by atoms with van der Waals surface area (Å²) < 4.78 is 6.76. The largest absolute Gasteiger partial charge is 0.436 e. The van der Waals surface area contributed by atoms with Crippen LogP contribution in [-0.2, 0) is 0 Å². The number of rotatable bonds is 4. The lowest BCUT2D eigenvalue weighted by molar-refractivity contribution is -0.384. The fourth-order valence-corrected chi connectivity index (χ4v) is 3.44. The fourth-order valence-electron chi connectivity index (χ4n) is 2.85. The number of benzene rings is 3. The molecular weight excluding hydrogens is 474 g/mol. The van der Waals surface area contributed by atoms with E-state index < -0.39 is 10.8 Å². The third kappa shape index (κ3) is 3.92. The number of carbonyl (C=O) groups is 1. The number of aromatic nitrogens is 1. The van der Waals surface area contributed by atoms with Crippen molar-refractivity contribution in [2.75, 3.05) is 5.32 Å². The Kier molecular flexibility index (Phi) is 5.27. The van der Waals surface area contributed by atoms with Gasteiger partial charge in [0.15, 0.2) is 5.58 Å². The molecule has 1 aromatic heterocycles. The lowest BCUT2D eigenvalue weighted by atomic mass is 10.1. The van der Waals surface area contributed by atoms with E-state index in [4.69, 9.17) is 16.0 Å². The fraction of sp³-hybridized carbons (Fsp3) is 0.0476. The zero-order valence-corrected chi connectivity index (χ0v) is 17.8. The number of hydrogen-bond donors (Lipinski definition) is 1. The maximum Gasteiger partial charge on any atom is 0.270 e. The van der Waals surface area contributed by atoms with Gasteiger partial charge in [0.1, 0.15) is 5.52 Å². The van der Waals surface area contributed by atoms with E-state index in [-0.39, 0.29) is 16.3 Å². The number of nitro groups is 1. The van der Waals surface area contributed by atoms with E-state index in [1.165, 1.54) is 12.1 Å². The topological polar surface area (TPSA) is 98.3 Å². The van der Waals surface area contributed by atoms with Gasteiger partial charge in [0.2, 0.25) is 5.89 Å². The van der Waals surface area contributed by atoms with Crippen LogP contribution < -0.4 is 5.32 Å². The van der Waals surface area contributed by atoms with Crippen molar-refractivity contribution >= 4 is 55.9 Å². The second-order valence-corrected chi connectivity index (χ2v) is 7.80. The van der Waals surface area contributed by atoms with E-state index in [1.807, 2.05) is 25.1 Å². The maximum atomic E-state index is 12.6. The number of nitrogens with one attached hydrogen (secondary N) is 1. The van der Waals surface area contributed by atoms with Gasteiger partial charge in [-0.15, -0.1) is 0 Å². The number of aryl methyl sites for hydroxylation is 1. The number of fused-ring (bicyclic) bond motifs is 1. The summed E-state index contributed by atoms with van der Waals surface area (Å²) in [5, 5.41) is 13.8. The zero-order valence-electron chi connectivity index (χ0n) is 15.5. The summed E-state index contributed by atoms with van der Waals surface area (Å²) in [6, 6.07) is 14.5. The molecule has 0 spiro atoms. The lowest BCUT2D eigenvalue weighted by Crippen LogP contribution is -2.12. The predicted molar refractivity (Wildman–Crippen MR) is 118 cm³/mol. The van der Waals surface area contributed by atoms with E-state index in [0.29, 0.717) is 22.7 Å². The molecule has 0 saturated carbocycles. The average Bonchev–Trinajstić information content (AvgIpc) is 3.13. The van der Waals surface area contributed by atoms with Crippen molar-refractivity contribution in [2.24, 2.45) is 0 Å². The van der Waals surface area contributed by atoms with E-state index in [1.54, 1.807) is 18.2 Å². The van der Waals surface area contributed by atoms with Crippen molar-refractivity contribution < 1.29 is 14.1 Å². The van der Waals surface area contributed by atoms with Crippen LogP contribution in [0.2, 0.25) is 5.02 Å². The maximum absolute atomic E-state index is 12.6. The van der Waals surface area contributed by atoms with Crippen LogP contribution in [0.4, 0.5) is 11.4 Å². The highest BCUT2D eigenvalue weighted by Gasteiger charge is 2.17. The van der Waals surface area contributed by atoms with Crippen LogP contribution in [0.3, 0.4) is 0 Å². The number of oxazole rings is 1. The lowest BCUT2D eigenvalue weighted by Gasteiger charge is -2.06. The Morgan fingerprint density at radius 1 is 1.17 bits per heavy atom. The highest BCUT2D eigenvalue weighted by atomic mass is 79.9. The molecule has 0 fully saturated rings. The summed E-state index contributed by atoms with van der Waals surface area (Å²) in [4.78, 5) is 27.4. The number of anilines is 1. The van der Waals surface area contributed by atoms with Gasteiger partial charge in [-0.1, -0.05) is 33.6 Å². The molecule has 1 heterocycles. The van der Waals surface area contributed by atoms with Crippen molar-refractivity contribution in [3.05, 3.63) is 85.3 Å². The molecule has 0 atom stereocenters. The van der Waals surface area contributed by atoms with Gasteiger partial charge in [0, 0.05) is 27.9 Å². The molecule has 0 saturated heterocycles. The molecule has 150 valence electrons. The molecule has 7 nitrogen and oxygen atoms in total. The van der Waals surface area contributed by atoms with E-state index in [2.05, 4.69) is 26.2 Å². The van der Waals surface area contributed by atoms with Gasteiger partial charge < -0.3 is 9.73 Å². The highest BCUT2D eigenvalue weighted by molar-refractivity contribution is 9.10. The van der Waals surface area contributed by atoms with Crippen LogP contribution in [0, 0.1) is 17.0 Å². The molecule has 4 aromatic rings. The van der Waals surface area contributed by atoms with Crippen LogP contribution in [-0.4, -0.2) is 15.8 Å². The third-order valence-corrected chi connectivity index (χ3v) is 5.65. The Balaban J connectivity index is 1.63. The number of nitrogens with zero attached hydrogens (tertiary/aromatic N) is 2.